The van der Waals surface area contributed by atoms with Crippen LogP contribution in [0.25, 0.3) is 11.0 Å². The van der Waals surface area contributed by atoms with E-state index in [1.165, 1.54) is 0 Å². The molecule has 0 aliphatic heterocycles. The molecule has 0 aliphatic carbocycles. The average molecular weight is 298 g/mol. The Labute approximate surface area is 126 Å². The number of halogens is 1. The summed E-state index contributed by atoms with van der Waals surface area (Å²) >= 11 is 5.80. The highest BCUT2D eigenvalue weighted by Gasteiger charge is 2.05. The summed E-state index contributed by atoms with van der Waals surface area (Å²) < 4.78 is 0. The Hall–Kier alpha value is -2.46. The van der Waals surface area contributed by atoms with Gasteiger partial charge in [-0.05, 0) is 42.0 Å². The van der Waals surface area contributed by atoms with Crippen molar-refractivity contribution in [3.63, 3.8) is 0 Å². The van der Waals surface area contributed by atoms with E-state index in [2.05, 4.69) is 15.3 Å². The van der Waals surface area contributed by atoms with Gasteiger partial charge in [0, 0.05) is 29.5 Å². The lowest BCUT2D eigenvalue weighted by Gasteiger charge is -2.06. The van der Waals surface area contributed by atoms with Gasteiger partial charge < -0.3 is 5.32 Å². The Morgan fingerprint density at radius 1 is 1.00 bits per heavy atom. The van der Waals surface area contributed by atoms with Crippen molar-refractivity contribution in [3.05, 3.63) is 71.0 Å². The molecule has 0 saturated heterocycles. The second-order valence-corrected chi connectivity index (χ2v) is 5.01. The number of benzene rings is 2. The minimum absolute atomic E-state index is 0.133. The number of hydrogen-bond donors (Lipinski definition) is 1. The van der Waals surface area contributed by atoms with E-state index in [-0.39, 0.29) is 5.91 Å². The normalized spacial score (nSPS) is 10.5. The molecule has 3 rings (SSSR count). The molecule has 104 valence electrons. The van der Waals surface area contributed by atoms with Crippen molar-refractivity contribution < 1.29 is 4.79 Å². The maximum absolute atomic E-state index is 12.0. The summed E-state index contributed by atoms with van der Waals surface area (Å²) in [7, 11) is 0. The number of rotatable bonds is 3. The zero-order valence-electron chi connectivity index (χ0n) is 11.1. The molecule has 0 spiro atoms. The summed E-state index contributed by atoms with van der Waals surface area (Å²) in [5.41, 5.74) is 3.21. The molecule has 2 aromatic carbocycles. The molecule has 21 heavy (non-hydrogen) atoms. The Balaban J connectivity index is 1.71. The quantitative estimate of drug-likeness (QED) is 0.807. The van der Waals surface area contributed by atoms with Gasteiger partial charge in [0.05, 0.1) is 11.0 Å². The van der Waals surface area contributed by atoms with Crippen LogP contribution in [-0.2, 0) is 6.54 Å². The number of hydrogen-bond acceptors (Lipinski definition) is 3. The standard InChI is InChI=1S/C16H12ClN3O/c17-13-4-2-12(3-5-13)16(21)20-10-11-1-6-14-15(9-11)19-8-7-18-14/h1-9H,10H2,(H,20,21). The van der Waals surface area contributed by atoms with E-state index in [9.17, 15) is 4.79 Å². The van der Waals surface area contributed by atoms with Gasteiger partial charge in [-0.15, -0.1) is 0 Å². The topological polar surface area (TPSA) is 54.9 Å². The molecule has 4 nitrogen and oxygen atoms in total. The monoisotopic (exact) mass is 297 g/mol. The Morgan fingerprint density at radius 3 is 2.48 bits per heavy atom. The Morgan fingerprint density at radius 2 is 1.71 bits per heavy atom. The molecule has 3 aromatic rings. The van der Waals surface area contributed by atoms with Crippen LogP contribution in [0.3, 0.4) is 0 Å². The van der Waals surface area contributed by atoms with Crippen LogP contribution in [0.4, 0.5) is 0 Å². The minimum atomic E-state index is -0.133. The fraction of sp³-hybridized carbons (Fsp3) is 0.0625. The molecule has 1 heterocycles. The Bertz CT molecular complexity index is 787. The number of aromatic nitrogens is 2. The molecule has 0 radical (unpaired) electrons. The fourth-order valence-electron chi connectivity index (χ4n) is 2.00. The van der Waals surface area contributed by atoms with Gasteiger partial charge in [-0.2, -0.15) is 0 Å². The third-order valence-corrected chi connectivity index (χ3v) is 3.35. The second kappa shape index (κ2) is 5.89. The highest BCUT2D eigenvalue weighted by atomic mass is 35.5. The molecular weight excluding hydrogens is 286 g/mol. The first kappa shape index (κ1) is 13.5. The van der Waals surface area contributed by atoms with Crippen LogP contribution in [0.1, 0.15) is 15.9 Å². The average Bonchev–Trinajstić information content (AvgIpc) is 2.53. The van der Waals surface area contributed by atoms with Crippen molar-refractivity contribution in [1.29, 1.82) is 0 Å². The van der Waals surface area contributed by atoms with Gasteiger partial charge in [-0.3, -0.25) is 14.8 Å². The van der Waals surface area contributed by atoms with E-state index in [0.717, 1.165) is 16.6 Å². The summed E-state index contributed by atoms with van der Waals surface area (Å²) in [6.07, 6.45) is 3.31. The third-order valence-electron chi connectivity index (χ3n) is 3.09. The largest absolute Gasteiger partial charge is 0.348 e. The third kappa shape index (κ3) is 3.17. The summed E-state index contributed by atoms with van der Waals surface area (Å²) in [5, 5.41) is 3.48. The van der Waals surface area contributed by atoms with E-state index in [4.69, 9.17) is 11.6 Å². The lowest BCUT2D eigenvalue weighted by Crippen LogP contribution is -2.22. The van der Waals surface area contributed by atoms with E-state index >= 15 is 0 Å². The van der Waals surface area contributed by atoms with Gasteiger partial charge in [-0.25, -0.2) is 0 Å². The van der Waals surface area contributed by atoms with Crippen molar-refractivity contribution in [3.8, 4) is 0 Å². The number of carbonyl (C=O) groups is 1. The molecule has 0 atom stereocenters. The van der Waals surface area contributed by atoms with Gasteiger partial charge >= 0.3 is 0 Å². The van der Waals surface area contributed by atoms with Crippen LogP contribution in [-0.4, -0.2) is 15.9 Å². The molecular formula is C16H12ClN3O. The summed E-state index contributed by atoms with van der Waals surface area (Å²) in [6, 6.07) is 12.5. The lowest BCUT2D eigenvalue weighted by atomic mass is 10.1. The lowest BCUT2D eigenvalue weighted by molar-refractivity contribution is 0.0951. The molecule has 1 aromatic heterocycles. The second-order valence-electron chi connectivity index (χ2n) is 4.57. The highest BCUT2D eigenvalue weighted by Crippen LogP contribution is 2.12. The Kier molecular flexibility index (Phi) is 3.79. The number of carbonyl (C=O) groups excluding carboxylic acids is 1. The molecule has 0 saturated carbocycles. The number of nitrogens with zero attached hydrogens (tertiary/aromatic N) is 2. The minimum Gasteiger partial charge on any atom is -0.348 e. The van der Waals surface area contributed by atoms with Crippen molar-refractivity contribution >= 4 is 28.5 Å². The smallest absolute Gasteiger partial charge is 0.251 e. The SMILES string of the molecule is O=C(NCc1ccc2nccnc2c1)c1ccc(Cl)cc1. The number of fused-ring (bicyclic) bond motifs is 1. The van der Waals surface area contributed by atoms with Crippen LogP contribution in [0, 0.1) is 0 Å². The molecule has 0 bridgehead atoms. The molecule has 0 unspecified atom stereocenters. The van der Waals surface area contributed by atoms with Crippen molar-refractivity contribution in [1.82, 2.24) is 15.3 Å². The first-order valence-corrected chi connectivity index (χ1v) is 6.83. The fourth-order valence-corrected chi connectivity index (χ4v) is 2.13. The van der Waals surface area contributed by atoms with Crippen LogP contribution in [0.15, 0.2) is 54.9 Å². The summed E-state index contributed by atoms with van der Waals surface area (Å²) in [4.78, 5) is 20.5. The maximum atomic E-state index is 12.0. The molecule has 0 fully saturated rings. The molecule has 5 heteroatoms. The maximum Gasteiger partial charge on any atom is 0.251 e. The van der Waals surface area contributed by atoms with Crippen LogP contribution < -0.4 is 5.32 Å². The van der Waals surface area contributed by atoms with Gasteiger partial charge in [0.2, 0.25) is 0 Å². The highest BCUT2D eigenvalue weighted by molar-refractivity contribution is 6.30. The van der Waals surface area contributed by atoms with Gasteiger partial charge in [0.25, 0.3) is 5.91 Å². The summed E-state index contributed by atoms with van der Waals surface area (Å²) in [6.45, 7) is 0.438. The first-order chi connectivity index (χ1) is 10.2. The van der Waals surface area contributed by atoms with Gasteiger partial charge in [0.15, 0.2) is 0 Å². The zero-order chi connectivity index (χ0) is 14.7. The van der Waals surface area contributed by atoms with Crippen LogP contribution in [0.5, 0.6) is 0 Å². The van der Waals surface area contributed by atoms with Crippen LogP contribution >= 0.6 is 11.6 Å². The van der Waals surface area contributed by atoms with Crippen molar-refractivity contribution in [2.24, 2.45) is 0 Å². The van der Waals surface area contributed by atoms with E-state index in [1.807, 2.05) is 18.2 Å². The van der Waals surface area contributed by atoms with E-state index < -0.39 is 0 Å². The van der Waals surface area contributed by atoms with Crippen molar-refractivity contribution in [2.75, 3.05) is 0 Å². The predicted octanol–water partition coefficient (Wildman–Crippen LogP) is 3.21. The summed E-state index contributed by atoms with van der Waals surface area (Å²) in [5.74, 6) is -0.133. The van der Waals surface area contributed by atoms with Gasteiger partial charge in [0.1, 0.15) is 0 Å². The van der Waals surface area contributed by atoms with Gasteiger partial charge in [-0.1, -0.05) is 17.7 Å². The number of nitrogens with one attached hydrogen (secondary N) is 1. The van der Waals surface area contributed by atoms with E-state index in [0.29, 0.717) is 17.1 Å². The van der Waals surface area contributed by atoms with E-state index in [1.54, 1.807) is 36.7 Å². The zero-order valence-corrected chi connectivity index (χ0v) is 11.8. The predicted molar refractivity (Wildman–Crippen MR) is 82.2 cm³/mol. The van der Waals surface area contributed by atoms with Crippen molar-refractivity contribution in [2.45, 2.75) is 6.54 Å². The first-order valence-electron chi connectivity index (χ1n) is 6.46. The molecule has 1 amide bonds. The molecule has 1 N–H and O–H groups in total. The molecule has 0 aliphatic rings. The number of amides is 1. The van der Waals surface area contributed by atoms with Crippen LogP contribution in [0.2, 0.25) is 5.02 Å².